The lowest BCUT2D eigenvalue weighted by atomic mass is 10.2. The van der Waals surface area contributed by atoms with Gasteiger partial charge in [0, 0.05) is 42.8 Å². The second-order valence-electron chi connectivity index (χ2n) is 4.88. The molecule has 0 radical (unpaired) electrons. The van der Waals surface area contributed by atoms with Crippen LogP contribution in [0, 0.1) is 3.57 Å². The number of hydrogen-bond donors (Lipinski definition) is 1. The maximum Gasteiger partial charge on any atom is 0.252 e. The van der Waals surface area contributed by atoms with Gasteiger partial charge >= 0.3 is 0 Å². The van der Waals surface area contributed by atoms with Crippen LogP contribution in [0.3, 0.4) is 0 Å². The second kappa shape index (κ2) is 7.21. The largest absolute Gasteiger partial charge is 0.351 e. The van der Waals surface area contributed by atoms with Crippen LogP contribution in [0.1, 0.15) is 10.4 Å². The molecule has 104 valence electrons. The van der Waals surface area contributed by atoms with Gasteiger partial charge in [-0.3, -0.25) is 9.69 Å². The van der Waals surface area contributed by atoms with Gasteiger partial charge in [-0.2, -0.15) is 0 Å². The minimum atomic E-state index is 0.0270. The molecular formula is C14H20IN3O. The van der Waals surface area contributed by atoms with Gasteiger partial charge in [-0.15, -0.1) is 0 Å². The molecule has 19 heavy (non-hydrogen) atoms. The molecule has 1 aliphatic rings. The Kier molecular flexibility index (Phi) is 5.59. The van der Waals surface area contributed by atoms with Gasteiger partial charge in [0.05, 0.1) is 5.56 Å². The van der Waals surface area contributed by atoms with E-state index in [1.807, 2.05) is 24.3 Å². The van der Waals surface area contributed by atoms with Crippen LogP contribution in [0.5, 0.6) is 0 Å². The van der Waals surface area contributed by atoms with Crippen molar-refractivity contribution in [1.29, 1.82) is 0 Å². The summed E-state index contributed by atoms with van der Waals surface area (Å²) in [6, 6.07) is 7.67. The smallest absolute Gasteiger partial charge is 0.252 e. The lowest BCUT2D eigenvalue weighted by molar-refractivity contribution is 0.0940. The SMILES string of the molecule is CN1CCN(CCNC(=O)c2ccccc2I)CC1. The van der Waals surface area contributed by atoms with E-state index in [0.29, 0.717) is 6.54 Å². The molecule has 0 atom stereocenters. The average Bonchev–Trinajstić information content (AvgIpc) is 2.41. The molecule has 1 aromatic rings. The first-order valence-electron chi connectivity index (χ1n) is 6.60. The summed E-state index contributed by atoms with van der Waals surface area (Å²) in [5, 5.41) is 3.00. The zero-order chi connectivity index (χ0) is 13.7. The first kappa shape index (κ1) is 14.7. The molecule has 1 aromatic carbocycles. The van der Waals surface area contributed by atoms with E-state index in [1.165, 1.54) is 0 Å². The summed E-state index contributed by atoms with van der Waals surface area (Å²) in [7, 11) is 2.15. The molecule has 0 bridgehead atoms. The topological polar surface area (TPSA) is 35.6 Å². The summed E-state index contributed by atoms with van der Waals surface area (Å²) in [5.41, 5.74) is 0.765. The lowest BCUT2D eigenvalue weighted by Crippen LogP contribution is -2.46. The van der Waals surface area contributed by atoms with Gasteiger partial charge in [-0.1, -0.05) is 12.1 Å². The van der Waals surface area contributed by atoms with Crippen molar-refractivity contribution in [2.24, 2.45) is 0 Å². The highest BCUT2D eigenvalue weighted by Crippen LogP contribution is 2.10. The maximum absolute atomic E-state index is 12.0. The Morgan fingerprint density at radius 3 is 2.63 bits per heavy atom. The first-order valence-corrected chi connectivity index (χ1v) is 7.68. The van der Waals surface area contributed by atoms with Crippen LogP contribution in [-0.4, -0.2) is 62.0 Å². The summed E-state index contributed by atoms with van der Waals surface area (Å²) < 4.78 is 0.997. The van der Waals surface area contributed by atoms with Crippen LogP contribution < -0.4 is 5.32 Å². The fraction of sp³-hybridized carbons (Fsp3) is 0.500. The third kappa shape index (κ3) is 4.43. The van der Waals surface area contributed by atoms with Crippen molar-refractivity contribution in [2.75, 3.05) is 46.3 Å². The van der Waals surface area contributed by atoms with Crippen molar-refractivity contribution < 1.29 is 4.79 Å². The van der Waals surface area contributed by atoms with Crippen molar-refractivity contribution in [3.63, 3.8) is 0 Å². The number of nitrogens with one attached hydrogen (secondary N) is 1. The number of amides is 1. The van der Waals surface area contributed by atoms with Gasteiger partial charge in [0.2, 0.25) is 0 Å². The highest BCUT2D eigenvalue weighted by atomic mass is 127. The lowest BCUT2D eigenvalue weighted by Gasteiger charge is -2.32. The van der Waals surface area contributed by atoms with Gasteiger partial charge in [-0.25, -0.2) is 0 Å². The summed E-state index contributed by atoms with van der Waals surface area (Å²) >= 11 is 2.20. The fourth-order valence-electron chi connectivity index (χ4n) is 2.14. The Morgan fingerprint density at radius 1 is 1.26 bits per heavy atom. The van der Waals surface area contributed by atoms with E-state index >= 15 is 0 Å². The fourth-order valence-corrected chi connectivity index (χ4v) is 2.77. The predicted molar refractivity (Wildman–Crippen MR) is 85.4 cm³/mol. The van der Waals surface area contributed by atoms with Gasteiger partial charge in [-0.05, 0) is 41.8 Å². The van der Waals surface area contributed by atoms with Crippen LogP contribution in [0.2, 0.25) is 0 Å². The molecule has 1 amide bonds. The van der Waals surface area contributed by atoms with E-state index in [2.05, 4.69) is 44.8 Å². The maximum atomic E-state index is 12.0. The Morgan fingerprint density at radius 2 is 1.95 bits per heavy atom. The number of piperazine rings is 1. The molecule has 1 heterocycles. The van der Waals surface area contributed by atoms with E-state index in [1.54, 1.807) is 0 Å². The number of likely N-dealkylation sites (N-methyl/N-ethyl adjacent to an activating group) is 1. The molecule has 5 heteroatoms. The van der Waals surface area contributed by atoms with Crippen LogP contribution in [0.15, 0.2) is 24.3 Å². The molecule has 0 unspecified atom stereocenters. The van der Waals surface area contributed by atoms with E-state index in [0.717, 1.165) is 41.9 Å². The van der Waals surface area contributed by atoms with Crippen molar-refractivity contribution in [1.82, 2.24) is 15.1 Å². The molecule has 0 aromatic heterocycles. The van der Waals surface area contributed by atoms with Crippen LogP contribution in [-0.2, 0) is 0 Å². The number of halogens is 1. The van der Waals surface area contributed by atoms with Gasteiger partial charge in [0.15, 0.2) is 0 Å². The summed E-state index contributed by atoms with van der Waals surface area (Å²) in [4.78, 5) is 16.8. The van der Waals surface area contributed by atoms with Gasteiger partial charge in [0.25, 0.3) is 5.91 Å². The number of nitrogens with zero attached hydrogens (tertiary/aromatic N) is 2. The zero-order valence-electron chi connectivity index (χ0n) is 11.2. The zero-order valence-corrected chi connectivity index (χ0v) is 13.4. The number of carbonyl (C=O) groups excluding carboxylic acids is 1. The quantitative estimate of drug-likeness (QED) is 0.808. The number of carbonyl (C=O) groups is 1. The molecule has 1 aliphatic heterocycles. The Hall–Kier alpha value is -0.660. The minimum Gasteiger partial charge on any atom is -0.351 e. The van der Waals surface area contributed by atoms with Crippen LogP contribution >= 0.6 is 22.6 Å². The monoisotopic (exact) mass is 373 g/mol. The highest BCUT2D eigenvalue weighted by Gasteiger charge is 2.14. The van der Waals surface area contributed by atoms with Crippen molar-refractivity contribution in [3.8, 4) is 0 Å². The van der Waals surface area contributed by atoms with Crippen LogP contribution in [0.4, 0.5) is 0 Å². The number of benzene rings is 1. The normalized spacial score (nSPS) is 17.4. The molecule has 1 fully saturated rings. The molecule has 1 saturated heterocycles. The van der Waals surface area contributed by atoms with E-state index in [4.69, 9.17) is 0 Å². The highest BCUT2D eigenvalue weighted by molar-refractivity contribution is 14.1. The van der Waals surface area contributed by atoms with Crippen molar-refractivity contribution >= 4 is 28.5 Å². The predicted octanol–water partition coefficient (Wildman–Crippen LogP) is 1.27. The van der Waals surface area contributed by atoms with E-state index in [-0.39, 0.29) is 5.91 Å². The van der Waals surface area contributed by atoms with Crippen LogP contribution in [0.25, 0.3) is 0 Å². The summed E-state index contributed by atoms with van der Waals surface area (Å²) in [5.74, 6) is 0.0270. The average molecular weight is 373 g/mol. The molecular weight excluding hydrogens is 353 g/mol. The van der Waals surface area contributed by atoms with Gasteiger partial charge in [0.1, 0.15) is 0 Å². The summed E-state index contributed by atoms with van der Waals surface area (Å²) in [6.45, 7) is 6.07. The van der Waals surface area contributed by atoms with Crippen molar-refractivity contribution in [3.05, 3.63) is 33.4 Å². The number of rotatable bonds is 4. The number of hydrogen-bond acceptors (Lipinski definition) is 3. The Bertz CT molecular complexity index is 430. The summed E-state index contributed by atoms with van der Waals surface area (Å²) in [6.07, 6.45) is 0. The second-order valence-corrected chi connectivity index (χ2v) is 6.04. The standard InChI is InChI=1S/C14H20IN3O/c1-17-8-10-18(11-9-17)7-6-16-14(19)12-4-2-3-5-13(12)15/h2-5H,6-11H2,1H3,(H,16,19). The Balaban J connectivity index is 1.74. The first-order chi connectivity index (χ1) is 9.16. The molecule has 2 rings (SSSR count). The minimum absolute atomic E-state index is 0.0270. The molecule has 1 N–H and O–H groups in total. The van der Waals surface area contributed by atoms with Gasteiger partial charge < -0.3 is 10.2 Å². The van der Waals surface area contributed by atoms with Crippen molar-refractivity contribution in [2.45, 2.75) is 0 Å². The third-order valence-electron chi connectivity index (χ3n) is 3.43. The van der Waals surface area contributed by atoms with E-state index < -0.39 is 0 Å². The molecule has 0 spiro atoms. The molecule has 4 nitrogen and oxygen atoms in total. The third-order valence-corrected chi connectivity index (χ3v) is 4.37. The van der Waals surface area contributed by atoms with E-state index in [9.17, 15) is 4.79 Å². The molecule has 0 aliphatic carbocycles. The molecule has 0 saturated carbocycles. The Labute approximate surface area is 128 Å².